The van der Waals surface area contributed by atoms with Crippen molar-refractivity contribution in [1.29, 1.82) is 0 Å². The van der Waals surface area contributed by atoms with E-state index in [2.05, 4.69) is 13.0 Å². The molecule has 4 heteroatoms. The number of unbranched alkanes of at least 4 members (excludes halogenated alkanes) is 1. The van der Waals surface area contributed by atoms with Gasteiger partial charge in [-0.25, -0.2) is 9.37 Å². The molecule has 0 aromatic carbocycles. The van der Waals surface area contributed by atoms with Gasteiger partial charge >= 0.3 is 5.97 Å². The zero-order chi connectivity index (χ0) is 14.7. The fraction of sp³-hybridized carbons (Fsp3) is 0.688. The largest absolute Gasteiger partial charge is 0.461 e. The van der Waals surface area contributed by atoms with Gasteiger partial charge in [-0.15, -0.1) is 0 Å². The van der Waals surface area contributed by atoms with E-state index < -0.39 is 0 Å². The molecule has 1 heterocycles. The van der Waals surface area contributed by atoms with E-state index in [1.165, 1.54) is 0 Å². The summed E-state index contributed by atoms with van der Waals surface area (Å²) < 4.78 is 7.00. The first kappa shape index (κ1) is 14.9. The lowest BCUT2D eigenvalue weighted by Gasteiger charge is -2.08. The Hall–Kier alpha value is -1.45. The van der Waals surface area contributed by atoms with Gasteiger partial charge < -0.3 is 4.74 Å². The third-order valence-corrected chi connectivity index (χ3v) is 4.19. The smallest absolute Gasteiger partial charge is 0.375 e. The van der Waals surface area contributed by atoms with Crippen molar-refractivity contribution >= 4 is 18.0 Å². The Morgan fingerprint density at radius 1 is 1.50 bits per heavy atom. The molecular weight excluding hydrogens is 254 g/mol. The van der Waals surface area contributed by atoms with Crippen molar-refractivity contribution in [1.82, 2.24) is 0 Å². The van der Waals surface area contributed by atoms with Crippen LogP contribution in [0.25, 0.3) is 0 Å². The summed E-state index contributed by atoms with van der Waals surface area (Å²) in [4.78, 5) is 24.1. The molecule has 0 saturated carbocycles. The first-order valence-electron chi connectivity index (χ1n) is 7.60. The van der Waals surface area contributed by atoms with Crippen molar-refractivity contribution in [3.63, 3.8) is 0 Å². The van der Waals surface area contributed by atoms with Gasteiger partial charge in [0.15, 0.2) is 18.5 Å². The maximum absolute atomic E-state index is 12.3. The van der Waals surface area contributed by atoms with Crippen LogP contribution >= 0.6 is 0 Å². The van der Waals surface area contributed by atoms with Gasteiger partial charge in [-0.1, -0.05) is 19.4 Å². The zero-order valence-electron chi connectivity index (χ0n) is 12.6. The van der Waals surface area contributed by atoms with E-state index in [1.54, 1.807) is 6.92 Å². The van der Waals surface area contributed by atoms with Gasteiger partial charge in [0.05, 0.1) is 12.5 Å². The molecule has 2 aliphatic rings. The van der Waals surface area contributed by atoms with Crippen molar-refractivity contribution < 1.29 is 18.9 Å². The van der Waals surface area contributed by atoms with Gasteiger partial charge in [0, 0.05) is 6.92 Å². The second-order valence-electron chi connectivity index (χ2n) is 5.62. The quantitative estimate of drug-likeness (QED) is 0.551. The van der Waals surface area contributed by atoms with E-state index >= 15 is 0 Å². The standard InChI is InChI=1S/C16H24NO3/c1-4-6-7-12-8-13-9-17(10-14(13)15(12)18)11(3)16(19)20-5-2/h8,10-11,13-14H,4-7,9H2,1-3H3/q+1/t11?,13-,14+/m0/s1. The van der Waals surface area contributed by atoms with E-state index in [4.69, 9.17) is 4.74 Å². The highest BCUT2D eigenvalue weighted by atomic mass is 16.5. The number of esters is 1. The zero-order valence-corrected chi connectivity index (χ0v) is 12.6. The fourth-order valence-electron chi connectivity index (χ4n) is 2.97. The Morgan fingerprint density at radius 2 is 2.25 bits per heavy atom. The summed E-state index contributed by atoms with van der Waals surface area (Å²) in [6, 6.07) is -0.305. The van der Waals surface area contributed by atoms with Crippen molar-refractivity contribution in [3.05, 3.63) is 11.6 Å². The van der Waals surface area contributed by atoms with E-state index in [9.17, 15) is 9.59 Å². The number of hydrogen-bond donors (Lipinski definition) is 0. The van der Waals surface area contributed by atoms with Crippen molar-refractivity contribution in [2.24, 2.45) is 11.8 Å². The first-order valence-corrected chi connectivity index (χ1v) is 7.60. The lowest BCUT2D eigenvalue weighted by atomic mass is 9.98. The molecule has 20 heavy (non-hydrogen) atoms. The molecule has 0 spiro atoms. The molecule has 110 valence electrons. The number of rotatable bonds is 6. The Kier molecular flexibility index (Phi) is 4.73. The maximum atomic E-state index is 12.3. The summed E-state index contributed by atoms with van der Waals surface area (Å²) in [5, 5.41) is 0. The van der Waals surface area contributed by atoms with Gasteiger partial charge in [-0.3, -0.25) is 4.79 Å². The van der Waals surface area contributed by atoms with E-state index in [1.807, 2.05) is 17.7 Å². The number of Topliss-reactive ketones (excluding diaryl/α,β-unsaturated/α-hetero) is 1. The average Bonchev–Trinajstić information content (AvgIpc) is 2.96. The van der Waals surface area contributed by atoms with Gasteiger partial charge in [-0.2, -0.15) is 0 Å². The molecule has 4 nitrogen and oxygen atoms in total. The van der Waals surface area contributed by atoms with Crippen LogP contribution in [-0.4, -0.2) is 41.7 Å². The number of allylic oxidation sites excluding steroid dienone is 1. The Bertz CT molecular complexity index is 464. The molecule has 3 atom stereocenters. The van der Waals surface area contributed by atoms with Crippen molar-refractivity contribution in [3.8, 4) is 0 Å². The summed E-state index contributed by atoms with van der Waals surface area (Å²) in [6.07, 6.45) is 7.13. The number of ether oxygens (including phenoxy) is 1. The predicted molar refractivity (Wildman–Crippen MR) is 76.9 cm³/mol. The van der Waals surface area contributed by atoms with E-state index in [0.29, 0.717) is 6.61 Å². The van der Waals surface area contributed by atoms with Crippen LogP contribution in [0.15, 0.2) is 11.6 Å². The molecule has 2 rings (SSSR count). The SMILES string of the molecule is CCCCC1=C[C@H]2C[N+](C(C)C(=O)OCC)=C[C@H]2C1=O. The number of carbonyl (C=O) groups excluding carboxylic acids is 2. The average molecular weight is 278 g/mol. The summed E-state index contributed by atoms with van der Waals surface area (Å²) in [5.41, 5.74) is 0.988. The number of hydrogen-bond acceptors (Lipinski definition) is 3. The second kappa shape index (κ2) is 6.33. The van der Waals surface area contributed by atoms with Crippen LogP contribution in [0.1, 0.15) is 40.0 Å². The van der Waals surface area contributed by atoms with Crippen LogP contribution in [0.4, 0.5) is 0 Å². The minimum Gasteiger partial charge on any atom is -0.461 e. The molecule has 0 amide bonds. The number of carbonyl (C=O) groups is 2. The predicted octanol–water partition coefficient (Wildman–Crippen LogP) is 1.97. The molecular formula is C16H24NO3+. The molecule has 1 aliphatic heterocycles. The van der Waals surface area contributed by atoms with E-state index in [-0.39, 0.29) is 29.6 Å². The normalized spacial score (nSPS) is 26.1. The molecule has 0 fully saturated rings. The van der Waals surface area contributed by atoms with Crippen molar-refractivity contribution in [2.45, 2.75) is 46.1 Å². The van der Waals surface area contributed by atoms with Crippen molar-refractivity contribution in [2.75, 3.05) is 13.2 Å². The summed E-state index contributed by atoms with van der Waals surface area (Å²) in [7, 11) is 0. The monoisotopic (exact) mass is 278 g/mol. The highest BCUT2D eigenvalue weighted by Crippen LogP contribution is 2.32. The van der Waals surface area contributed by atoms with Gasteiger partial charge in [0.2, 0.25) is 6.04 Å². The lowest BCUT2D eigenvalue weighted by molar-refractivity contribution is -0.543. The number of nitrogens with zero attached hydrogens (tertiary/aromatic N) is 1. The molecule has 0 aromatic rings. The van der Waals surface area contributed by atoms with Crippen LogP contribution < -0.4 is 0 Å². The summed E-state index contributed by atoms with van der Waals surface area (Å²) in [6.45, 7) is 6.91. The topological polar surface area (TPSA) is 46.4 Å². The van der Waals surface area contributed by atoms with Crippen LogP contribution in [0.3, 0.4) is 0 Å². The highest BCUT2D eigenvalue weighted by Gasteiger charge is 2.45. The van der Waals surface area contributed by atoms with Crippen LogP contribution in [0.5, 0.6) is 0 Å². The molecule has 0 saturated heterocycles. The molecule has 1 unspecified atom stereocenters. The third-order valence-electron chi connectivity index (χ3n) is 4.19. The van der Waals surface area contributed by atoms with Gasteiger partial charge in [0.1, 0.15) is 5.92 Å². The fourth-order valence-corrected chi connectivity index (χ4v) is 2.97. The number of fused-ring (bicyclic) bond motifs is 1. The molecule has 1 aliphatic carbocycles. The maximum Gasteiger partial charge on any atom is 0.375 e. The minimum atomic E-state index is -0.305. The molecule has 0 N–H and O–H groups in total. The Balaban J connectivity index is 2.00. The number of ketones is 1. The first-order chi connectivity index (χ1) is 9.58. The van der Waals surface area contributed by atoms with Crippen LogP contribution in [-0.2, 0) is 14.3 Å². The molecule has 0 bridgehead atoms. The Morgan fingerprint density at radius 3 is 2.85 bits per heavy atom. The van der Waals surface area contributed by atoms with E-state index in [0.717, 1.165) is 31.4 Å². The third kappa shape index (κ3) is 2.84. The Labute approximate surface area is 120 Å². The van der Waals surface area contributed by atoms with Crippen LogP contribution in [0.2, 0.25) is 0 Å². The summed E-state index contributed by atoms with van der Waals surface area (Å²) in [5.74, 6) is 0.221. The minimum absolute atomic E-state index is 0.0567. The lowest BCUT2D eigenvalue weighted by Crippen LogP contribution is -2.33. The highest BCUT2D eigenvalue weighted by molar-refractivity contribution is 6.08. The molecule has 0 radical (unpaired) electrons. The molecule has 0 aromatic heterocycles. The van der Waals surface area contributed by atoms with Gasteiger partial charge in [0.25, 0.3) is 0 Å². The van der Waals surface area contributed by atoms with Crippen LogP contribution in [0, 0.1) is 11.8 Å². The summed E-state index contributed by atoms with van der Waals surface area (Å²) >= 11 is 0. The second-order valence-corrected chi connectivity index (χ2v) is 5.62. The van der Waals surface area contributed by atoms with Gasteiger partial charge in [-0.05, 0) is 25.3 Å².